The van der Waals surface area contributed by atoms with Crippen molar-refractivity contribution in [2.45, 2.75) is 33.6 Å². The lowest BCUT2D eigenvalue weighted by molar-refractivity contribution is 0.867. The summed E-state index contributed by atoms with van der Waals surface area (Å²) in [6, 6.07) is 8.32. The van der Waals surface area contributed by atoms with E-state index in [4.69, 9.17) is 0 Å². The zero-order valence-corrected chi connectivity index (χ0v) is 13.8. The normalized spacial score (nSPS) is 10.6. The average Bonchev–Trinajstić information content (AvgIpc) is 2.46. The Morgan fingerprint density at radius 2 is 2.00 bits per heavy atom. The highest BCUT2D eigenvalue weighted by atomic mass is 15.1. The zero-order valence-electron chi connectivity index (χ0n) is 13.8. The first-order valence-corrected chi connectivity index (χ1v) is 7.58. The summed E-state index contributed by atoms with van der Waals surface area (Å²) >= 11 is 0. The Hall–Kier alpha value is -2.36. The number of anilines is 3. The van der Waals surface area contributed by atoms with Crippen molar-refractivity contribution in [3.8, 4) is 0 Å². The average molecular weight is 296 g/mol. The Bertz CT molecular complexity index is 662. The van der Waals surface area contributed by atoms with E-state index in [1.165, 1.54) is 11.1 Å². The second kappa shape index (κ2) is 7.07. The lowest BCUT2D eigenvalue weighted by atomic mass is 9.98. The first-order valence-electron chi connectivity index (χ1n) is 7.58. The molecule has 22 heavy (non-hydrogen) atoms. The molecule has 1 aromatic heterocycles. The van der Waals surface area contributed by atoms with E-state index in [-0.39, 0.29) is 0 Å². The molecule has 0 saturated heterocycles. The number of rotatable bonds is 6. The highest BCUT2D eigenvalue weighted by Crippen LogP contribution is 2.30. The molecule has 1 aromatic carbocycles. The maximum atomic E-state index is 4.53. The predicted molar refractivity (Wildman–Crippen MR) is 94.0 cm³/mol. The second-order valence-electron chi connectivity index (χ2n) is 5.71. The zero-order chi connectivity index (χ0) is 16.1. The molecular weight excluding hydrogens is 272 g/mol. The summed E-state index contributed by atoms with van der Waals surface area (Å²) in [6.45, 7) is 12.8. The van der Waals surface area contributed by atoms with Crippen molar-refractivity contribution in [1.29, 1.82) is 0 Å². The van der Waals surface area contributed by atoms with Crippen LogP contribution in [0.15, 0.2) is 36.9 Å². The summed E-state index contributed by atoms with van der Waals surface area (Å²) in [7, 11) is 0. The third kappa shape index (κ3) is 3.85. The number of nitrogens with one attached hydrogen (secondary N) is 2. The summed E-state index contributed by atoms with van der Waals surface area (Å²) in [6.07, 6.45) is 1.79. The Balaban J connectivity index is 2.35. The van der Waals surface area contributed by atoms with Crippen LogP contribution in [-0.2, 0) is 0 Å². The van der Waals surface area contributed by atoms with Crippen LogP contribution < -0.4 is 10.6 Å². The summed E-state index contributed by atoms with van der Waals surface area (Å²) in [5.41, 5.74) is 4.55. The summed E-state index contributed by atoms with van der Waals surface area (Å²) in [5, 5.41) is 6.60. The first kappa shape index (κ1) is 16.0. The number of benzene rings is 1. The van der Waals surface area contributed by atoms with Crippen LogP contribution in [0.3, 0.4) is 0 Å². The van der Waals surface area contributed by atoms with Crippen LogP contribution in [-0.4, -0.2) is 16.5 Å². The van der Waals surface area contributed by atoms with Gasteiger partial charge in [-0.05, 0) is 30.9 Å². The van der Waals surface area contributed by atoms with Crippen molar-refractivity contribution in [3.63, 3.8) is 0 Å². The number of para-hydroxylation sites is 1. The van der Waals surface area contributed by atoms with Gasteiger partial charge in [0.1, 0.15) is 5.82 Å². The predicted octanol–water partition coefficient (Wildman–Crippen LogP) is 4.56. The standard InChI is InChI=1S/C18H24N4/c1-6-10-19-18-20-14(5)11-16(22-18)21-17-13(4)8-7-9-15(17)12(2)3/h6-9,11-12H,1,10H2,2-5H3,(H2,19,20,21,22). The Labute approximate surface area is 132 Å². The van der Waals surface area contributed by atoms with Gasteiger partial charge in [0.15, 0.2) is 0 Å². The minimum Gasteiger partial charge on any atom is -0.351 e. The fraction of sp³-hybridized carbons (Fsp3) is 0.333. The van der Waals surface area contributed by atoms with E-state index >= 15 is 0 Å². The highest BCUT2D eigenvalue weighted by Gasteiger charge is 2.10. The number of nitrogens with zero attached hydrogens (tertiary/aromatic N) is 2. The molecule has 2 N–H and O–H groups in total. The summed E-state index contributed by atoms with van der Waals surface area (Å²) in [5.74, 6) is 1.86. The minimum atomic E-state index is 0.448. The van der Waals surface area contributed by atoms with Crippen molar-refractivity contribution in [2.75, 3.05) is 17.2 Å². The molecule has 4 nitrogen and oxygen atoms in total. The molecule has 0 radical (unpaired) electrons. The lowest BCUT2D eigenvalue weighted by Crippen LogP contribution is -2.07. The van der Waals surface area contributed by atoms with Crippen molar-refractivity contribution in [1.82, 2.24) is 9.97 Å². The molecule has 1 heterocycles. The molecule has 2 rings (SSSR count). The third-order valence-corrected chi connectivity index (χ3v) is 3.44. The molecular formula is C18H24N4. The van der Waals surface area contributed by atoms with Crippen molar-refractivity contribution >= 4 is 17.5 Å². The molecule has 116 valence electrons. The van der Waals surface area contributed by atoms with E-state index in [0.717, 1.165) is 17.2 Å². The van der Waals surface area contributed by atoms with Gasteiger partial charge in [-0.3, -0.25) is 0 Å². The molecule has 0 saturated carbocycles. The summed E-state index contributed by atoms with van der Waals surface area (Å²) in [4.78, 5) is 8.91. The number of aromatic nitrogens is 2. The van der Waals surface area contributed by atoms with Gasteiger partial charge < -0.3 is 10.6 Å². The van der Waals surface area contributed by atoms with E-state index in [1.54, 1.807) is 6.08 Å². The highest BCUT2D eigenvalue weighted by molar-refractivity contribution is 5.66. The fourth-order valence-electron chi connectivity index (χ4n) is 2.35. The SMILES string of the molecule is C=CCNc1nc(C)cc(Nc2c(C)cccc2C(C)C)n1. The van der Waals surface area contributed by atoms with Crippen molar-refractivity contribution in [2.24, 2.45) is 0 Å². The Morgan fingerprint density at radius 1 is 1.23 bits per heavy atom. The monoisotopic (exact) mass is 296 g/mol. The molecule has 0 fully saturated rings. The number of hydrogen-bond acceptors (Lipinski definition) is 4. The van der Waals surface area contributed by atoms with Gasteiger partial charge in [-0.2, -0.15) is 4.98 Å². The third-order valence-electron chi connectivity index (χ3n) is 3.44. The van der Waals surface area contributed by atoms with Crippen LogP contribution in [0, 0.1) is 13.8 Å². The smallest absolute Gasteiger partial charge is 0.225 e. The molecule has 0 amide bonds. The quantitative estimate of drug-likeness (QED) is 0.767. The Morgan fingerprint density at radius 3 is 2.68 bits per heavy atom. The van der Waals surface area contributed by atoms with Gasteiger partial charge in [0.25, 0.3) is 0 Å². The van der Waals surface area contributed by atoms with Crippen molar-refractivity contribution in [3.05, 3.63) is 53.7 Å². The largest absolute Gasteiger partial charge is 0.351 e. The van der Waals surface area contributed by atoms with Gasteiger partial charge in [-0.25, -0.2) is 4.98 Å². The molecule has 0 unspecified atom stereocenters. The molecule has 0 atom stereocenters. The minimum absolute atomic E-state index is 0.448. The van der Waals surface area contributed by atoms with E-state index in [1.807, 2.05) is 13.0 Å². The topological polar surface area (TPSA) is 49.8 Å². The molecule has 4 heteroatoms. The van der Waals surface area contributed by atoms with Gasteiger partial charge in [-0.15, -0.1) is 6.58 Å². The van der Waals surface area contributed by atoms with Crippen LogP contribution in [0.2, 0.25) is 0 Å². The summed E-state index contributed by atoms with van der Waals surface area (Å²) < 4.78 is 0. The second-order valence-corrected chi connectivity index (χ2v) is 5.71. The van der Waals surface area contributed by atoms with Gasteiger partial charge >= 0.3 is 0 Å². The number of hydrogen-bond donors (Lipinski definition) is 2. The van der Waals surface area contributed by atoms with E-state index in [9.17, 15) is 0 Å². The van der Waals surface area contributed by atoms with Crippen LogP contribution in [0.4, 0.5) is 17.5 Å². The van der Waals surface area contributed by atoms with Crippen LogP contribution in [0.25, 0.3) is 0 Å². The molecule has 2 aromatic rings. The first-order chi connectivity index (χ1) is 10.5. The molecule has 0 bridgehead atoms. The van der Waals surface area contributed by atoms with Gasteiger partial charge in [-0.1, -0.05) is 38.1 Å². The Kier molecular flexibility index (Phi) is 5.15. The van der Waals surface area contributed by atoms with E-state index in [0.29, 0.717) is 18.4 Å². The number of aryl methyl sites for hydroxylation is 2. The lowest BCUT2D eigenvalue weighted by Gasteiger charge is -2.17. The maximum absolute atomic E-state index is 4.53. The molecule has 0 spiro atoms. The van der Waals surface area contributed by atoms with Gasteiger partial charge in [0.2, 0.25) is 5.95 Å². The van der Waals surface area contributed by atoms with Crippen LogP contribution in [0.1, 0.15) is 36.6 Å². The molecule has 0 aliphatic carbocycles. The van der Waals surface area contributed by atoms with Crippen molar-refractivity contribution < 1.29 is 0 Å². The van der Waals surface area contributed by atoms with Gasteiger partial charge in [0, 0.05) is 24.0 Å². The molecule has 0 aliphatic rings. The fourth-order valence-corrected chi connectivity index (χ4v) is 2.35. The maximum Gasteiger partial charge on any atom is 0.225 e. The van der Waals surface area contributed by atoms with E-state index in [2.05, 4.69) is 66.2 Å². The van der Waals surface area contributed by atoms with E-state index < -0.39 is 0 Å². The van der Waals surface area contributed by atoms with Gasteiger partial charge in [0.05, 0.1) is 0 Å². The van der Waals surface area contributed by atoms with Crippen LogP contribution >= 0.6 is 0 Å². The molecule has 0 aliphatic heterocycles. The van der Waals surface area contributed by atoms with Crippen LogP contribution in [0.5, 0.6) is 0 Å².